The van der Waals surface area contributed by atoms with E-state index in [0.29, 0.717) is 12.4 Å². The third-order valence-electron chi connectivity index (χ3n) is 3.16. The van der Waals surface area contributed by atoms with Gasteiger partial charge in [0.1, 0.15) is 0 Å². The summed E-state index contributed by atoms with van der Waals surface area (Å²) in [6.07, 6.45) is 1.95. The highest BCUT2D eigenvalue weighted by atomic mass is 35.5. The van der Waals surface area contributed by atoms with Crippen molar-refractivity contribution in [1.82, 2.24) is 14.8 Å². The number of aromatic nitrogens is 3. The molecule has 0 aliphatic heterocycles. The Hall–Kier alpha value is -1.40. The standard InChI is InChI=1S/C15H20ClN3O2S/c1-4-5-8-21-14-17-12(11-7-6-9-22-11)19(18-14)13(20)15(2,3)10-16/h6-7,9H,4-5,8,10H2,1-3H3. The number of carbonyl (C=O) groups is 1. The van der Waals surface area contributed by atoms with Crippen LogP contribution in [0.5, 0.6) is 6.01 Å². The lowest BCUT2D eigenvalue weighted by atomic mass is 9.95. The zero-order valence-electron chi connectivity index (χ0n) is 13.0. The van der Waals surface area contributed by atoms with Gasteiger partial charge in [0.15, 0.2) is 5.82 Å². The van der Waals surface area contributed by atoms with E-state index >= 15 is 0 Å². The van der Waals surface area contributed by atoms with Gasteiger partial charge in [-0.05, 0) is 31.7 Å². The van der Waals surface area contributed by atoms with Crippen molar-refractivity contribution in [2.24, 2.45) is 5.41 Å². The number of ether oxygens (including phenoxy) is 1. The lowest BCUT2D eigenvalue weighted by Gasteiger charge is -2.19. The van der Waals surface area contributed by atoms with Crippen LogP contribution >= 0.6 is 22.9 Å². The predicted octanol–water partition coefficient (Wildman–Crippen LogP) is 4.09. The molecular formula is C15H20ClN3O2S. The lowest BCUT2D eigenvalue weighted by Crippen LogP contribution is -2.32. The Balaban J connectivity index is 2.36. The van der Waals surface area contributed by atoms with E-state index in [2.05, 4.69) is 17.0 Å². The topological polar surface area (TPSA) is 57.0 Å². The van der Waals surface area contributed by atoms with Crippen LogP contribution in [0.4, 0.5) is 0 Å². The number of hydrogen-bond donors (Lipinski definition) is 0. The first kappa shape index (κ1) is 17.0. The Bertz CT molecular complexity index is 623. The third-order valence-corrected chi connectivity index (χ3v) is 4.70. The molecule has 2 aromatic rings. The molecule has 120 valence electrons. The van der Waals surface area contributed by atoms with Gasteiger partial charge < -0.3 is 4.74 Å². The largest absolute Gasteiger partial charge is 0.462 e. The van der Waals surface area contributed by atoms with Gasteiger partial charge in [0.25, 0.3) is 5.91 Å². The molecule has 0 atom stereocenters. The van der Waals surface area contributed by atoms with Crippen LogP contribution in [-0.4, -0.2) is 33.2 Å². The van der Waals surface area contributed by atoms with Crippen LogP contribution in [0, 0.1) is 5.41 Å². The molecular weight excluding hydrogens is 322 g/mol. The minimum absolute atomic E-state index is 0.191. The van der Waals surface area contributed by atoms with Crippen molar-refractivity contribution in [1.29, 1.82) is 0 Å². The number of halogens is 1. The van der Waals surface area contributed by atoms with E-state index in [-0.39, 0.29) is 17.8 Å². The number of unbranched alkanes of at least 4 members (excludes halogenated alkanes) is 1. The summed E-state index contributed by atoms with van der Waals surface area (Å²) in [5, 5.41) is 6.17. The zero-order chi connectivity index (χ0) is 16.2. The van der Waals surface area contributed by atoms with Gasteiger partial charge in [-0.1, -0.05) is 19.4 Å². The molecule has 0 spiro atoms. The molecule has 0 aliphatic carbocycles. The maximum atomic E-state index is 12.7. The predicted molar refractivity (Wildman–Crippen MR) is 88.9 cm³/mol. The summed E-state index contributed by atoms with van der Waals surface area (Å²) in [5.41, 5.74) is -0.720. The van der Waals surface area contributed by atoms with Crippen LogP contribution in [0.25, 0.3) is 10.7 Å². The first-order chi connectivity index (χ1) is 10.5. The van der Waals surface area contributed by atoms with Crippen molar-refractivity contribution >= 4 is 28.8 Å². The van der Waals surface area contributed by atoms with Gasteiger partial charge in [0.05, 0.1) is 16.9 Å². The number of nitrogens with zero attached hydrogens (tertiary/aromatic N) is 3. The molecule has 0 unspecified atom stereocenters. The molecule has 0 radical (unpaired) electrons. The van der Waals surface area contributed by atoms with E-state index < -0.39 is 5.41 Å². The van der Waals surface area contributed by atoms with Crippen LogP contribution in [0.1, 0.15) is 38.4 Å². The molecule has 22 heavy (non-hydrogen) atoms. The second-order valence-electron chi connectivity index (χ2n) is 5.63. The highest BCUT2D eigenvalue weighted by Gasteiger charge is 2.32. The van der Waals surface area contributed by atoms with Crippen LogP contribution in [0.2, 0.25) is 0 Å². The Morgan fingerprint density at radius 1 is 1.50 bits per heavy atom. The smallest absolute Gasteiger partial charge is 0.336 e. The lowest BCUT2D eigenvalue weighted by molar-refractivity contribution is 0.0753. The van der Waals surface area contributed by atoms with E-state index in [1.165, 1.54) is 16.0 Å². The highest BCUT2D eigenvalue weighted by molar-refractivity contribution is 7.13. The monoisotopic (exact) mass is 341 g/mol. The van der Waals surface area contributed by atoms with E-state index in [0.717, 1.165) is 17.7 Å². The van der Waals surface area contributed by atoms with Crippen molar-refractivity contribution in [3.63, 3.8) is 0 Å². The van der Waals surface area contributed by atoms with Crippen LogP contribution in [0.15, 0.2) is 17.5 Å². The van der Waals surface area contributed by atoms with Crippen molar-refractivity contribution in [2.45, 2.75) is 33.6 Å². The van der Waals surface area contributed by atoms with Gasteiger partial charge in [0, 0.05) is 5.88 Å². The zero-order valence-corrected chi connectivity index (χ0v) is 14.6. The molecule has 5 nitrogen and oxygen atoms in total. The van der Waals surface area contributed by atoms with Gasteiger partial charge in [-0.25, -0.2) is 0 Å². The van der Waals surface area contributed by atoms with E-state index in [4.69, 9.17) is 16.3 Å². The molecule has 0 aliphatic rings. The fourth-order valence-electron chi connectivity index (χ4n) is 1.71. The van der Waals surface area contributed by atoms with Gasteiger partial charge in [-0.15, -0.1) is 28.0 Å². The molecule has 2 aromatic heterocycles. The maximum Gasteiger partial charge on any atom is 0.336 e. The summed E-state index contributed by atoms with van der Waals surface area (Å²) in [6, 6.07) is 4.05. The summed E-state index contributed by atoms with van der Waals surface area (Å²) >= 11 is 7.42. The number of alkyl halides is 1. The first-order valence-corrected chi connectivity index (χ1v) is 8.65. The normalized spacial score (nSPS) is 11.6. The SMILES string of the molecule is CCCCOc1nc(-c2cccs2)n(C(=O)C(C)(C)CCl)n1. The molecule has 7 heteroatoms. The van der Waals surface area contributed by atoms with Crippen molar-refractivity contribution in [2.75, 3.05) is 12.5 Å². The quantitative estimate of drug-likeness (QED) is 0.562. The third kappa shape index (κ3) is 3.67. The van der Waals surface area contributed by atoms with E-state index in [1.54, 1.807) is 13.8 Å². The molecule has 0 fully saturated rings. The summed E-state index contributed by atoms with van der Waals surface area (Å²) in [7, 11) is 0. The van der Waals surface area contributed by atoms with E-state index in [9.17, 15) is 4.79 Å². The van der Waals surface area contributed by atoms with Crippen molar-refractivity contribution < 1.29 is 9.53 Å². The first-order valence-electron chi connectivity index (χ1n) is 7.24. The summed E-state index contributed by atoms with van der Waals surface area (Å²) < 4.78 is 6.85. The second-order valence-corrected chi connectivity index (χ2v) is 6.85. The summed E-state index contributed by atoms with van der Waals surface area (Å²) in [5.74, 6) is 0.523. The molecule has 2 heterocycles. The number of hydrogen-bond acceptors (Lipinski definition) is 5. The fourth-order valence-corrected chi connectivity index (χ4v) is 2.53. The molecule has 0 bridgehead atoms. The second kappa shape index (κ2) is 7.24. The fraction of sp³-hybridized carbons (Fsp3) is 0.533. The van der Waals surface area contributed by atoms with Crippen LogP contribution in [0.3, 0.4) is 0 Å². The van der Waals surface area contributed by atoms with Crippen molar-refractivity contribution in [3.8, 4) is 16.7 Å². The number of thiophene rings is 1. The molecule has 2 rings (SSSR count). The van der Waals surface area contributed by atoms with Crippen LogP contribution in [-0.2, 0) is 0 Å². The average Bonchev–Trinajstić information content (AvgIpc) is 3.15. The highest BCUT2D eigenvalue weighted by Crippen LogP contribution is 2.28. The number of carbonyl (C=O) groups excluding carboxylic acids is 1. The Morgan fingerprint density at radius 3 is 2.86 bits per heavy atom. The summed E-state index contributed by atoms with van der Waals surface area (Å²) in [6.45, 7) is 6.20. The molecule has 0 aromatic carbocycles. The minimum atomic E-state index is -0.720. The minimum Gasteiger partial charge on any atom is -0.462 e. The molecule has 0 amide bonds. The molecule has 0 saturated heterocycles. The Kier molecular flexibility index (Phi) is 5.58. The number of rotatable bonds is 7. The Labute approximate surface area is 139 Å². The van der Waals surface area contributed by atoms with Crippen molar-refractivity contribution in [3.05, 3.63) is 17.5 Å². The average molecular weight is 342 g/mol. The van der Waals surface area contributed by atoms with Gasteiger partial charge in [-0.2, -0.15) is 9.67 Å². The van der Waals surface area contributed by atoms with Gasteiger partial charge in [0.2, 0.25) is 0 Å². The Morgan fingerprint density at radius 2 is 2.27 bits per heavy atom. The maximum absolute atomic E-state index is 12.7. The van der Waals surface area contributed by atoms with E-state index in [1.807, 2.05) is 17.5 Å². The van der Waals surface area contributed by atoms with Gasteiger partial charge in [-0.3, -0.25) is 4.79 Å². The van der Waals surface area contributed by atoms with Gasteiger partial charge >= 0.3 is 6.01 Å². The molecule has 0 saturated carbocycles. The van der Waals surface area contributed by atoms with Crippen LogP contribution < -0.4 is 4.74 Å². The summed E-state index contributed by atoms with van der Waals surface area (Å²) in [4.78, 5) is 17.9. The molecule has 0 N–H and O–H groups in total.